The first-order chi connectivity index (χ1) is 14.2. The maximum absolute atomic E-state index is 14.2. The zero-order valence-corrected chi connectivity index (χ0v) is 19.7. The number of para-hydroxylation sites is 1. The van der Waals surface area contributed by atoms with Crippen molar-refractivity contribution in [2.45, 2.75) is 64.8 Å². The largest absolute Gasteiger partial charge is 0.396 e. The van der Waals surface area contributed by atoms with Gasteiger partial charge < -0.3 is 20.7 Å². The predicted octanol–water partition coefficient (Wildman–Crippen LogP) is 3.98. The van der Waals surface area contributed by atoms with Crippen molar-refractivity contribution < 1.29 is 9.13 Å². The fraction of sp³-hybridized carbons (Fsp3) is 0.591. The van der Waals surface area contributed by atoms with E-state index in [0.29, 0.717) is 25.0 Å². The molecule has 2 heterocycles. The second-order valence-corrected chi connectivity index (χ2v) is 15.1. The van der Waals surface area contributed by atoms with Crippen LogP contribution < -0.4 is 16.0 Å². The Morgan fingerprint density at radius 2 is 2.00 bits per heavy atom. The molecule has 6 nitrogen and oxygen atoms in total. The second-order valence-electron chi connectivity index (χ2n) is 9.47. The molecule has 0 amide bonds. The molecule has 0 radical (unpaired) electrons. The van der Waals surface area contributed by atoms with Crippen molar-refractivity contribution in [3.63, 3.8) is 0 Å². The molecule has 3 rings (SSSR count). The van der Waals surface area contributed by atoms with Crippen molar-refractivity contribution in [2.24, 2.45) is 0 Å². The van der Waals surface area contributed by atoms with Crippen LogP contribution in [0.3, 0.4) is 0 Å². The zero-order valence-electron chi connectivity index (χ0n) is 18.7. The molecular weight excluding hydrogens is 397 g/mol. The lowest BCUT2D eigenvalue weighted by atomic mass is 10.0. The van der Waals surface area contributed by atoms with E-state index in [9.17, 15) is 4.39 Å². The van der Waals surface area contributed by atoms with Gasteiger partial charge in [-0.15, -0.1) is 0 Å². The van der Waals surface area contributed by atoms with Crippen LogP contribution in [0.25, 0.3) is 0 Å². The van der Waals surface area contributed by atoms with Crippen LogP contribution in [0.5, 0.6) is 0 Å². The predicted molar refractivity (Wildman–Crippen MR) is 124 cm³/mol. The van der Waals surface area contributed by atoms with Crippen molar-refractivity contribution in [1.82, 2.24) is 15.1 Å². The molecule has 3 N–H and O–H groups in total. The summed E-state index contributed by atoms with van der Waals surface area (Å²) < 4.78 is 21.8. The van der Waals surface area contributed by atoms with Crippen LogP contribution in [-0.4, -0.2) is 43.6 Å². The van der Waals surface area contributed by atoms with E-state index in [1.165, 1.54) is 0 Å². The summed E-state index contributed by atoms with van der Waals surface area (Å²) in [5, 5.41) is 8.14. The fourth-order valence-corrected chi connectivity index (χ4v) is 4.55. The molecule has 1 aliphatic heterocycles. The molecule has 1 aromatic carbocycles. The van der Waals surface area contributed by atoms with Crippen molar-refractivity contribution in [3.05, 3.63) is 41.5 Å². The highest BCUT2D eigenvalue weighted by Crippen LogP contribution is 2.27. The molecule has 1 aromatic heterocycles. The number of nitrogens with two attached hydrogens (primary N) is 1. The molecule has 1 fully saturated rings. The van der Waals surface area contributed by atoms with Crippen LogP contribution in [0.4, 0.5) is 15.8 Å². The first kappa shape index (κ1) is 22.8. The van der Waals surface area contributed by atoms with Gasteiger partial charge in [-0.05, 0) is 37.4 Å². The van der Waals surface area contributed by atoms with E-state index in [0.717, 1.165) is 55.5 Å². The molecule has 1 aliphatic rings. The van der Waals surface area contributed by atoms with Gasteiger partial charge >= 0.3 is 0 Å². The minimum Gasteiger partial charge on any atom is -0.396 e. The summed E-state index contributed by atoms with van der Waals surface area (Å²) in [6, 6.07) is 6.80. The molecule has 1 saturated heterocycles. The molecule has 0 unspecified atom stereocenters. The summed E-state index contributed by atoms with van der Waals surface area (Å²) in [7, 11) is -1.08. The summed E-state index contributed by atoms with van der Waals surface area (Å²) >= 11 is 0. The van der Waals surface area contributed by atoms with Crippen LogP contribution >= 0.6 is 0 Å². The zero-order chi connectivity index (χ0) is 21.7. The van der Waals surface area contributed by atoms with Gasteiger partial charge in [0.2, 0.25) is 0 Å². The summed E-state index contributed by atoms with van der Waals surface area (Å²) in [6.45, 7) is 12.5. The van der Waals surface area contributed by atoms with Crippen molar-refractivity contribution >= 4 is 19.4 Å². The molecule has 0 saturated carbocycles. The highest BCUT2D eigenvalue weighted by molar-refractivity contribution is 6.76. The number of nitrogen functional groups attached to an aromatic ring is 1. The number of nitrogens with one attached hydrogen (secondary N) is 1. The highest BCUT2D eigenvalue weighted by atomic mass is 28.3. The lowest BCUT2D eigenvalue weighted by molar-refractivity contribution is 0.0783. The van der Waals surface area contributed by atoms with Gasteiger partial charge in [0, 0.05) is 40.4 Å². The number of benzene rings is 1. The maximum Gasteiger partial charge on any atom is 0.146 e. The molecular formula is C22H36FN5OSi. The Bertz CT molecular complexity index is 807. The quantitative estimate of drug-likeness (QED) is 0.462. The lowest BCUT2D eigenvalue weighted by Crippen LogP contribution is -2.43. The summed E-state index contributed by atoms with van der Waals surface area (Å²) in [4.78, 5) is 2.16. The Morgan fingerprint density at radius 3 is 2.67 bits per heavy atom. The Morgan fingerprint density at radius 1 is 1.27 bits per heavy atom. The van der Waals surface area contributed by atoms with E-state index in [2.05, 4.69) is 35.0 Å². The smallest absolute Gasteiger partial charge is 0.146 e. The van der Waals surface area contributed by atoms with Gasteiger partial charge in [0.25, 0.3) is 0 Å². The van der Waals surface area contributed by atoms with Gasteiger partial charge in [-0.1, -0.05) is 31.8 Å². The number of hydrogen-bond acceptors (Lipinski definition) is 5. The SMILES string of the molecule is Cc1cccc(F)c1N1CCC(NCc2nn(COCC[Si](C)(C)C)cc2N)CC1. The van der Waals surface area contributed by atoms with Gasteiger partial charge in [0.1, 0.15) is 12.5 Å². The molecule has 2 aromatic rings. The van der Waals surface area contributed by atoms with Gasteiger partial charge in [0.15, 0.2) is 0 Å². The van der Waals surface area contributed by atoms with Crippen LogP contribution in [-0.2, 0) is 18.0 Å². The first-order valence-corrected chi connectivity index (χ1v) is 14.6. The molecule has 166 valence electrons. The van der Waals surface area contributed by atoms with Crippen LogP contribution in [0.1, 0.15) is 24.1 Å². The normalized spacial score (nSPS) is 15.7. The van der Waals surface area contributed by atoms with E-state index >= 15 is 0 Å². The number of ether oxygens (including phenoxy) is 1. The topological polar surface area (TPSA) is 68.3 Å². The van der Waals surface area contributed by atoms with Crippen LogP contribution in [0.2, 0.25) is 25.7 Å². The minimum atomic E-state index is -1.08. The molecule has 0 spiro atoms. The Hall–Kier alpha value is -1.90. The van der Waals surface area contributed by atoms with E-state index in [1.54, 1.807) is 16.8 Å². The summed E-state index contributed by atoms with van der Waals surface area (Å²) in [6.07, 6.45) is 3.78. The van der Waals surface area contributed by atoms with Gasteiger partial charge in [0.05, 0.1) is 23.3 Å². The first-order valence-electron chi connectivity index (χ1n) is 10.9. The number of aromatic nitrogens is 2. The monoisotopic (exact) mass is 433 g/mol. The highest BCUT2D eigenvalue weighted by Gasteiger charge is 2.22. The average molecular weight is 434 g/mol. The Kier molecular flexibility index (Phi) is 7.54. The van der Waals surface area contributed by atoms with E-state index in [1.807, 2.05) is 19.2 Å². The van der Waals surface area contributed by atoms with Gasteiger partial charge in [-0.25, -0.2) is 9.07 Å². The van der Waals surface area contributed by atoms with Crippen molar-refractivity contribution in [3.8, 4) is 0 Å². The summed E-state index contributed by atoms with van der Waals surface area (Å²) in [5.41, 5.74) is 9.42. The molecule has 0 atom stereocenters. The average Bonchev–Trinajstić information content (AvgIpc) is 3.03. The molecule has 30 heavy (non-hydrogen) atoms. The van der Waals surface area contributed by atoms with Crippen molar-refractivity contribution in [1.29, 1.82) is 0 Å². The van der Waals surface area contributed by atoms with Gasteiger partial charge in [-0.3, -0.25) is 0 Å². The fourth-order valence-electron chi connectivity index (χ4n) is 3.79. The van der Waals surface area contributed by atoms with Crippen LogP contribution in [0, 0.1) is 12.7 Å². The number of anilines is 2. The number of rotatable bonds is 9. The van der Waals surface area contributed by atoms with E-state index < -0.39 is 8.07 Å². The third kappa shape index (κ3) is 6.30. The van der Waals surface area contributed by atoms with Gasteiger partial charge in [-0.2, -0.15) is 5.10 Å². The number of aryl methyl sites for hydroxylation is 1. The number of hydrogen-bond donors (Lipinski definition) is 2. The van der Waals surface area contributed by atoms with Crippen molar-refractivity contribution in [2.75, 3.05) is 30.3 Å². The molecule has 0 bridgehead atoms. The number of nitrogens with zero attached hydrogens (tertiary/aromatic N) is 3. The van der Waals surface area contributed by atoms with E-state index in [4.69, 9.17) is 10.5 Å². The third-order valence-electron chi connectivity index (χ3n) is 5.65. The molecule has 8 heteroatoms. The lowest BCUT2D eigenvalue weighted by Gasteiger charge is -2.35. The number of halogens is 1. The maximum atomic E-state index is 14.2. The Labute approximate surface area is 180 Å². The second kappa shape index (κ2) is 9.94. The molecule has 0 aliphatic carbocycles. The number of piperidine rings is 1. The Balaban J connectivity index is 1.44. The standard InChI is InChI=1S/C22H36FN5OSi/c1-17-6-5-7-19(23)22(17)27-10-8-18(9-11-27)25-14-21-20(24)15-28(26-21)16-29-12-13-30(2,3)4/h5-7,15,18,25H,8-14,16,24H2,1-4H3. The summed E-state index contributed by atoms with van der Waals surface area (Å²) in [5.74, 6) is -0.133. The minimum absolute atomic E-state index is 0.133. The van der Waals surface area contributed by atoms with Crippen LogP contribution in [0.15, 0.2) is 24.4 Å². The van der Waals surface area contributed by atoms with E-state index in [-0.39, 0.29) is 5.82 Å². The third-order valence-corrected chi connectivity index (χ3v) is 7.35.